The molecule has 0 saturated heterocycles. The summed E-state index contributed by atoms with van der Waals surface area (Å²) in [6.45, 7) is 3.26. The quantitative estimate of drug-likeness (QED) is 0.508. The highest BCUT2D eigenvalue weighted by molar-refractivity contribution is 5.88. The Morgan fingerprint density at radius 1 is 1.21 bits per heavy atom. The predicted molar refractivity (Wildman–Crippen MR) is 70.8 cm³/mol. The van der Waals surface area contributed by atoms with Crippen LogP contribution in [-0.2, 0) is 22.6 Å². The maximum absolute atomic E-state index is 11.5. The second-order valence-electron chi connectivity index (χ2n) is 4.45. The van der Waals surface area contributed by atoms with E-state index in [-0.39, 0.29) is 5.69 Å². The van der Waals surface area contributed by atoms with Crippen molar-refractivity contribution in [3.8, 4) is 0 Å². The van der Waals surface area contributed by atoms with Gasteiger partial charge in [0.05, 0.1) is 19.4 Å². The Labute approximate surface area is 114 Å². The van der Waals surface area contributed by atoms with Crippen molar-refractivity contribution in [1.29, 1.82) is 0 Å². The topological polar surface area (TPSA) is 66.2 Å². The highest BCUT2D eigenvalue weighted by atomic mass is 16.5. The summed E-state index contributed by atoms with van der Waals surface area (Å²) in [5, 5.41) is 7.89. The van der Waals surface area contributed by atoms with Gasteiger partial charge in [-0.05, 0) is 6.42 Å². The van der Waals surface area contributed by atoms with Gasteiger partial charge in [-0.25, -0.2) is 9.48 Å². The van der Waals surface area contributed by atoms with Crippen molar-refractivity contribution in [2.24, 2.45) is 0 Å². The summed E-state index contributed by atoms with van der Waals surface area (Å²) in [7, 11) is 2.92. The summed E-state index contributed by atoms with van der Waals surface area (Å²) < 4.78 is 11.5. The standard InChI is InChI=1S/C13H23N3O3/c1-4-5-6-7-8-9-16-11(10-18-2)12(14-15-16)13(17)19-3/h4-10H2,1-3H3. The molecule has 0 aromatic carbocycles. The second kappa shape index (κ2) is 8.63. The van der Waals surface area contributed by atoms with E-state index >= 15 is 0 Å². The number of ether oxygens (including phenoxy) is 2. The van der Waals surface area contributed by atoms with Crippen LogP contribution in [0.5, 0.6) is 0 Å². The summed E-state index contributed by atoms with van der Waals surface area (Å²) in [6, 6.07) is 0. The number of unbranched alkanes of at least 4 members (excludes halogenated alkanes) is 4. The Bertz CT molecular complexity index is 390. The number of esters is 1. The third-order valence-electron chi connectivity index (χ3n) is 2.97. The number of carbonyl (C=O) groups is 1. The predicted octanol–water partition coefficient (Wildman–Crippen LogP) is 2.18. The van der Waals surface area contributed by atoms with Crippen LogP contribution in [0.4, 0.5) is 0 Å². The van der Waals surface area contributed by atoms with E-state index in [9.17, 15) is 4.79 Å². The van der Waals surface area contributed by atoms with Gasteiger partial charge in [-0.1, -0.05) is 37.8 Å². The van der Waals surface area contributed by atoms with Gasteiger partial charge in [-0.3, -0.25) is 0 Å². The van der Waals surface area contributed by atoms with Gasteiger partial charge in [0.15, 0.2) is 5.69 Å². The molecule has 108 valence electrons. The van der Waals surface area contributed by atoms with E-state index < -0.39 is 5.97 Å². The van der Waals surface area contributed by atoms with Crippen LogP contribution in [0.2, 0.25) is 0 Å². The van der Waals surface area contributed by atoms with Gasteiger partial charge in [0, 0.05) is 13.7 Å². The van der Waals surface area contributed by atoms with Crippen LogP contribution in [0.3, 0.4) is 0 Å². The lowest BCUT2D eigenvalue weighted by Crippen LogP contribution is -2.11. The Morgan fingerprint density at radius 3 is 2.58 bits per heavy atom. The number of nitrogens with zero attached hydrogens (tertiary/aromatic N) is 3. The van der Waals surface area contributed by atoms with Gasteiger partial charge < -0.3 is 9.47 Å². The average molecular weight is 269 g/mol. The van der Waals surface area contributed by atoms with Crippen LogP contribution in [0.1, 0.15) is 55.2 Å². The first-order valence-electron chi connectivity index (χ1n) is 6.74. The Hall–Kier alpha value is -1.43. The van der Waals surface area contributed by atoms with Crippen molar-refractivity contribution in [2.45, 2.75) is 52.2 Å². The summed E-state index contributed by atoms with van der Waals surface area (Å²) in [5.41, 5.74) is 0.933. The van der Waals surface area contributed by atoms with Crippen molar-refractivity contribution in [1.82, 2.24) is 15.0 Å². The molecule has 6 nitrogen and oxygen atoms in total. The van der Waals surface area contributed by atoms with Crippen molar-refractivity contribution in [2.75, 3.05) is 14.2 Å². The van der Waals surface area contributed by atoms with Gasteiger partial charge in [0.2, 0.25) is 0 Å². The van der Waals surface area contributed by atoms with Crippen LogP contribution in [0, 0.1) is 0 Å². The van der Waals surface area contributed by atoms with E-state index in [2.05, 4.69) is 22.0 Å². The number of methoxy groups -OCH3 is 2. The lowest BCUT2D eigenvalue weighted by Gasteiger charge is -2.06. The van der Waals surface area contributed by atoms with Gasteiger partial charge in [0.25, 0.3) is 0 Å². The maximum Gasteiger partial charge on any atom is 0.360 e. The smallest absolute Gasteiger partial charge is 0.360 e. The van der Waals surface area contributed by atoms with Gasteiger partial charge in [-0.15, -0.1) is 5.10 Å². The molecule has 0 aliphatic heterocycles. The van der Waals surface area contributed by atoms with Crippen molar-refractivity contribution < 1.29 is 14.3 Å². The lowest BCUT2D eigenvalue weighted by molar-refractivity contribution is 0.0588. The summed E-state index contributed by atoms with van der Waals surface area (Å²) >= 11 is 0. The zero-order chi connectivity index (χ0) is 14.1. The minimum atomic E-state index is -0.468. The Balaban J connectivity index is 2.61. The molecular formula is C13H23N3O3. The number of aromatic nitrogens is 3. The highest BCUT2D eigenvalue weighted by Crippen LogP contribution is 2.11. The van der Waals surface area contributed by atoms with E-state index in [1.54, 1.807) is 11.8 Å². The van der Waals surface area contributed by atoms with E-state index in [0.717, 1.165) is 19.4 Å². The molecule has 0 atom stereocenters. The third kappa shape index (κ3) is 4.63. The second-order valence-corrected chi connectivity index (χ2v) is 4.45. The highest BCUT2D eigenvalue weighted by Gasteiger charge is 2.19. The molecule has 0 bridgehead atoms. The molecule has 1 rings (SSSR count). The summed E-state index contributed by atoms with van der Waals surface area (Å²) in [6.07, 6.45) is 5.91. The molecule has 1 heterocycles. The van der Waals surface area contributed by atoms with Gasteiger partial charge in [0.1, 0.15) is 0 Å². The lowest BCUT2D eigenvalue weighted by atomic mass is 10.1. The van der Waals surface area contributed by atoms with Crippen LogP contribution in [0.25, 0.3) is 0 Å². The number of carbonyl (C=O) groups excluding carboxylic acids is 1. The molecule has 0 spiro atoms. The minimum absolute atomic E-state index is 0.248. The SMILES string of the molecule is CCCCCCCn1nnc(C(=O)OC)c1COC. The Kier molecular flexibility index (Phi) is 7.10. The first-order valence-corrected chi connectivity index (χ1v) is 6.74. The average Bonchev–Trinajstić information content (AvgIpc) is 2.81. The zero-order valence-corrected chi connectivity index (χ0v) is 12.0. The molecule has 0 unspecified atom stereocenters. The molecule has 19 heavy (non-hydrogen) atoms. The zero-order valence-electron chi connectivity index (χ0n) is 12.0. The van der Waals surface area contributed by atoms with Gasteiger partial charge >= 0.3 is 5.97 Å². The van der Waals surface area contributed by atoms with E-state index in [1.807, 2.05) is 0 Å². The van der Waals surface area contributed by atoms with Crippen LogP contribution in [0.15, 0.2) is 0 Å². The summed E-state index contributed by atoms with van der Waals surface area (Å²) in [5.74, 6) is -0.468. The molecule has 0 aliphatic carbocycles. The molecule has 0 amide bonds. The van der Waals surface area contributed by atoms with E-state index in [1.165, 1.54) is 26.4 Å². The minimum Gasteiger partial charge on any atom is -0.464 e. The van der Waals surface area contributed by atoms with Crippen LogP contribution < -0.4 is 0 Å². The third-order valence-corrected chi connectivity index (χ3v) is 2.97. The van der Waals surface area contributed by atoms with E-state index in [0.29, 0.717) is 12.3 Å². The molecule has 1 aromatic heterocycles. The number of aryl methyl sites for hydroxylation is 1. The molecule has 0 saturated carbocycles. The molecule has 0 N–H and O–H groups in total. The van der Waals surface area contributed by atoms with Crippen LogP contribution >= 0.6 is 0 Å². The molecule has 1 aromatic rings. The van der Waals surface area contributed by atoms with Crippen molar-refractivity contribution >= 4 is 5.97 Å². The number of hydrogen-bond donors (Lipinski definition) is 0. The largest absolute Gasteiger partial charge is 0.464 e. The molecule has 0 fully saturated rings. The van der Waals surface area contributed by atoms with E-state index in [4.69, 9.17) is 4.74 Å². The first-order chi connectivity index (χ1) is 9.24. The van der Waals surface area contributed by atoms with Crippen LogP contribution in [-0.4, -0.2) is 35.2 Å². The Morgan fingerprint density at radius 2 is 1.95 bits per heavy atom. The number of rotatable bonds is 9. The fraction of sp³-hybridized carbons (Fsp3) is 0.769. The van der Waals surface area contributed by atoms with Crippen molar-refractivity contribution in [3.05, 3.63) is 11.4 Å². The molecule has 6 heteroatoms. The molecular weight excluding hydrogens is 246 g/mol. The summed E-state index contributed by atoms with van der Waals surface area (Å²) in [4.78, 5) is 11.5. The molecule has 0 radical (unpaired) electrons. The maximum atomic E-state index is 11.5. The molecule has 0 aliphatic rings. The monoisotopic (exact) mass is 269 g/mol. The normalized spacial score (nSPS) is 10.7. The van der Waals surface area contributed by atoms with Crippen molar-refractivity contribution in [3.63, 3.8) is 0 Å². The fourth-order valence-corrected chi connectivity index (χ4v) is 1.91. The number of hydrogen-bond acceptors (Lipinski definition) is 5. The first kappa shape index (κ1) is 15.6. The van der Waals surface area contributed by atoms with Gasteiger partial charge in [-0.2, -0.15) is 0 Å². The fourth-order valence-electron chi connectivity index (χ4n) is 1.91.